The lowest BCUT2D eigenvalue weighted by atomic mass is 10.0. The number of nitrogens with one attached hydrogen (secondary N) is 3. The molecular weight excluding hydrogens is 728 g/mol. The van der Waals surface area contributed by atoms with Crippen LogP contribution in [0.1, 0.15) is 64.5 Å². The maximum atomic E-state index is 15.8. The van der Waals surface area contributed by atoms with Crippen LogP contribution in [-0.2, 0) is 36.0 Å². The smallest absolute Gasteiger partial charge is 0.405 e. The first-order valence-electron chi connectivity index (χ1n) is 17.3. The number of likely N-dealkylation sites (tertiary alicyclic amines) is 1. The van der Waals surface area contributed by atoms with Crippen LogP contribution in [-0.4, -0.2) is 103 Å². The monoisotopic (exact) mass is 770 g/mol. The molecule has 5 atom stereocenters. The Morgan fingerprint density at radius 2 is 1.77 bits per heavy atom. The van der Waals surface area contributed by atoms with E-state index in [9.17, 15) is 32.2 Å². The van der Waals surface area contributed by atoms with Crippen LogP contribution >= 0.6 is 0 Å². The van der Waals surface area contributed by atoms with Crippen molar-refractivity contribution in [3.05, 3.63) is 42.1 Å². The van der Waals surface area contributed by atoms with Gasteiger partial charge in [-0.1, -0.05) is 38.0 Å². The van der Waals surface area contributed by atoms with Gasteiger partial charge in [0.2, 0.25) is 24.1 Å². The minimum absolute atomic E-state index is 0.00472. The topological polar surface area (TPSA) is 189 Å². The summed E-state index contributed by atoms with van der Waals surface area (Å²) in [5, 5.41) is 13.2. The molecule has 4 amide bonds. The minimum atomic E-state index is -3.72. The summed E-state index contributed by atoms with van der Waals surface area (Å²) in [6.45, 7) is 1.35. The number of carbonyl (C=O) groups is 4. The first kappa shape index (κ1) is 39.8. The van der Waals surface area contributed by atoms with Gasteiger partial charge in [0.05, 0.1) is 35.0 Å². The summed E-state index contributed by atoms with van der Waals surface area (Å²) in [6, 6.07) is 2.79. The highest BCUT2D eigenvalue weighted by Gasteiger charge is 2.47. The number of benzene rings is 1. The Hall–Kier alpha value is -4.39. The van der Waals surface area contributed by atoms with E-state index in [4.69, 9.17) is 14.6 Å². The fourth-order valence-electron chi connectivity index (χ4n) is 6.09. The molecule has 2 aromatic rings. The lowest BCUT2D eigenvalue weighted by Gasteiger charge is -2.28. The Labute approximate surface area is 305 Å². The molecule has 5 rings (SSSR count). The summed E-state index contributed by atoms with van der Waals surface area (Å²) in [4.78, 5) is 60.4. The lowest BCUT2D eigenvalue weighted by molar-refractivity contribution is -0.139. The molecule has 3 aliphatic rings. The summed E-state index contributed by atoms with van der Waals surface area (Å²) >= 11 is 0. The zero-order chi connectivity index (χ0) is 38.5. The first-order chi connectivity index (χ1) is 25.1. The second-order valence-electron chi connectivity index (χ2n) is 13.7. The number of ether oxygens (including phenoxy) is 2. The summed E-state index contributed by atoms with van der Waals surface area (Å²) in [6.07, 6.45) is 0.339. The molecule has 2 aliphatic carbocycles. The van der Waals surface area contributed by atoms with Crippen LogP contribution in [0.3, 0.4) is 0 Å². The SMILES string of the molecule is C[C@@H](C(F)F)C(NC(=O)C1C[C@@H](Oc2nc3ccccc3nc2C(F)(F)/C=C/COC2CCCC2)CN1C(=O)CNC(=O)O)C(=O)NS(=O)C1(C)CC1. The molecule has 0 bridgehead atoms. The normalized spacial score (nSPS) is 21.8. The highest BCUT2D eigenvalue weighted by atomic mass is 32.2. The average Bonchev–Trinajstić information content (AvgIpc) is 3.46. The number of aromatic nitrogens is 2. The van der Waals surface area contributed by atoms with Crippen LogP contribution in [0.25, 0.3) is 11.0 Å². The van der Waals surface area contributed by atoms with Gasteiger partial charge in [0, 0.05) is 12.3 Å². The number of hydrogen-bond donors (Lipinski definition) is 4. The molecule has 290 valence electrons. The number of alkyl halides is 4. The molecule has 0 spiro atoms. The van der Waals surface area contributed by atoms with Crippen LogP contribution in [0.4, 0.5) is 22.4 Å². The van der Waals surface area contributed by atoms with E-state index in [-0.39, 0.29) is 23.7 Å². The fourth-order valence-corrected chi connectivity index (χ4v) is 7.12. The Morgan fingerprint density at radius 3 is 2.40 bits per heavy atom. The van der Waals surface area contributed by atoms with Crippen molar-refractivity contribution < 1.29 is 55.5 Å². The summed E-state index contributed by atoms with van der Waals surface area (Å²) < 4.78 is 85.1. The molecule has 1 aromatic carbocycles. The van der Waals surface area contributed by atoms with Crippen LogP contribution in [0.5, 0.6) is 5.88 Å². The van der Waals surface area contributed by atoms with E-state index in [2.05, 4.69) is 20.0 Å². The summed E-state index contributed by atoms with van der Waals surface area (Å²) in [7, 11) is -1.93. The zero-order valence-corrected chi connectivity index (χ0v) is 29.9. The molecule has 0 radical (unpaired) electrons. The van der Waals surface area contributed by atoms with Crippen molar-refractivity contribution in [3.63, 3.8) is 0 Å². The van der Waals surface area contributed by atoms with Crippen molar-refractivity contribution in [2.75, 3.05) is 19.7 Å². The third-order valence-corrected chi connectivity index (χ3v) is 11.3. The van der Waals surface area contributed by atoms with Crippen molar-refractivity contribution in [2.45, 2.75) is 100 Å². The molecule has 3 unspecified atom stereocenters. The number of hydrogen-bond acceptors (Lipinski definition) is 9. The maximum absolute atomic E-state index is 15.8. The number of rotatable bonds is 16. The van der Waals surface area contributed by atoms with Gasteiger partial charge in [-0.15, -0.1) is 0 Å². The number of amides is 4. The van der Waals surface area contributed by atoms with E-state index in [1.807, 2.05) is 5.32 Å². The minimum Gasteiger partial charge on any atom is -0.471 e. The second kappa shape index (κ2) is 16.7. The molecule has 2 heterocycles. The van der Waals surface area contributed by atoms with Crippen LogP contribution in [0, 0.1) is 5.92 Å². The van der Waals surface area contributed by atoms with Gasteiger partial charge in [0.1, 0.15) is 35.7 Å². The largest absolute Gasteiger partial charge is 0.471 e. The molecule has 4 N–H and O–H groups in total. The highest BCUT2D eigenvalue weighted by molar-refractivity contribution is 7.85. The van der Waals surface area contributed by atoms with E-state index in [0.29, 0.717) is 18.9 Å². The predicted octanol–water partition coefficient (Wildman–Crippen LogP) is 3.57. The van der Waals surface area contributed by atoms with Gasteiger partial charge in [0.25, 0.3) is 5.91 Å². The number of para-hydroxylation sites is 2. The fraction of sp³-hybridized carbons (Fsp3) is 0.588. The standard InChI is InChI=1S/C34H42F4N6O8S/c1-19(28(35)36)26(30(47)43-53(50)33(2)13-14-33)42-29(46)24-16-21(18-44(24)25(45)17-39-32(48)49)52-31-27(40-22-10-5-6-11-23(22)41-31)34(37,38)12-7-15-51-20-8-3-4-9-20/h5-7,10-12,19-21,24,26,28,39H,3-4,8-9,13-18H2,1-2H3,(H,42,46)(H,43,47)(H,48,49)/b12-7+/t19-,21-,24?,26?,53?/m1/s1. The van der Waals surface area contributed by atoms with Crippen molar-refractivity contribution in [1.82, 2.24) is 30.2 Å². The molecule has 53 heavy (non-hydrogen) atoms. The number of carboxylic acid groups (broad SMARTS) is 1. The third kappa shape index (κ3) is 9.98. The number of fused-ring (bicyclic) bond motifs is 1. The van der Waals surface area contributed by atoms with Crippen molar-refractivity contribution in [1.29, 1.82) is 0 Å². The van der Waals surface area contributed by atoms with Gasteiger partial charge in [-0.2, -0.15) is 8.78 Å². The maximum Gasteiger partial charge on any atom is 0.405 e. The van der Waals surface area contributed by atoms with E-state index in [1.165, 1.54) is 18.2 Å². The lowest BCUT2D eigenvalue weighted by Crippen LogP contribution is -2.57. The van der Waals surface area contributed by atoms with Crippen molar-refractivity contribution in [3.8, 4) is 5.88 Å². The van der Waals surface area contributed by atoms with Crippen molar-refractivity contribution in [2.24, 2.45) is 5.92 Å². The molecule has 14 nitrogen and oxygen atoms in total. The second-order valence-corrected chi connectivity index (χ2v) is 15.4. The Bertz CT molecular complexity index is 1740. The Kier molecular flexibility index (Phi) is 12.6. The number of allylic oxidation sites excluding steroid dienone is 1. The Morgan fingerprint density at radius 1 is 1.11 bits per heavy atom. The molecule has 1 saturated heterocycles. The van der Waals surface area contributed by atoms with Gasteiger partial charge in [-0.05, 0) is 50.8 Å². The summed E-state index contributed by atoms with van der Waals surface area (Å²) in [5.74, 6) is -9.22. The molecular formula is C34H42F4N6O8S. The number of halogens is 4. The summed E-state index contributed by atoms with van der Waals surface area (Å²) in [5.41, 5.74) is -0.514. The highest BCUT2D eigenvalue weighted by Crippen LogP contribution is 2.40. The van der Waals surface area contributed by atoms with Gasteiger partial charge in [-0.3, -0.25) is 19.1 Å². The quantitative estimate of drug-likeness (QED) is 0.145. The van der Waals surface area contributed by atoms with Crippen LogP contribution in [0.15, 0.2) is 36.4 Å². The van der Waals surface area contributed by atoms with Gasteiger partial charge < -0.3 is 30.1 Å². The van der Waals surface area contributed by atoms with Gasteiger partial charge >= 0.3 is 12.0 Å². The Balaban J connectivity index is 1.39. The van der Waals surface area contributed by atoms with E-state index >= 15 is 8.78 Å². The van der Waals surface area contributed by atoms with Crippen LogP contribution in [0.2, 0.25) is 0 Å². The zero-order valence-electron chi connectivity index (χ0n) is 29.1. The molecule has 1 aliphatic heterocycles. The van der Waals surface area contributed by atoms with E-state index < -0.39 is 107 Å². The molecule has 2 saturated carbocycles. The molecule has 19 heteroatoms. The first-order valence-corrected chi connectivity index (χ1v) is 18.4. The average molecular weight is 771 g/mol. The van der Waals surface area contributed by atoms with Gasteiger partial charge in [-0.25, -0.2) is 27.8 Å². The van der Waals surface area contributed by atoms with Crippen LogP contribution < -0.4 is 20.1 Å². The van der Waals surface area contributed by atoms with E-state index in [0.717, 1.165) is 37.5 Å². The van der Waals surface area contributed by atoms with E-state index in [1.54, 1.807) is 19.1 Å². The molecule has 1 aromatic heterocycles. The van der Waals surface area contributed by atoms with Crippen molar-refractivity contribution >= 4 is 45.8 Å². The number of carbonyl (C=O) groups excluding carboxylic acids is 3. The predicted molar refractivity (Wildman–Crippen MR) is 182 cm³/mol. The number of nitrogens with zero attached hydrogens (tertiary/aromatic N) is 3. The molecule has 3 fully saturated rings. The third-order valence-electron chi connectivity index (χ3n) is 9.57. The van der Waals surface area contributed by atoms with Gasteiger partial charge in [0.15, 0.2) is 5.69 Å².